The molecule has 1 heteroatoms. The van der Waals surface area contributed by atoms with Crippen LogP contribution in [0, 0.1) is 5.41 Å². The largest absolute Gasteiger partial charge is 0.0993 e. The van der Waals surface area contributed by atoms with Crippen molar-refractivity contribution in [1.82, 2.24) is 0 Å². The minimum atomic E-state index is 0.321. The van der Waals surface area contributed by atoms with E-state index < -0.39 is 0 Å². The van der Waals surface area contributed by atoms with Gasteiger partial charge in [-0.1, -0.05) is 61.0 Å². The van der Waals surface area contributed by atoms with Crippen molar-refractivity contribution in [3.63, 3.8) is 0 Å². The van der Waals surface area contributed by atoms with Gasteiger partial charge in [-0.3, -0.25) is 0 Å². The molecule has 1 aromatic carbocycles. The first kappa shape index (κ1) is 13.4. The maximum Gasteiger partial charge on any atom is 0.0438 e. The van der Waals surface area contributed by atoms with Gasteiger partial charge in [-0.2, -0.15) is 0 Å². The molecule has 0 fully saturated rings. The molecule has 0 N–H and O–H groups in total. The van der Waals surface area contributed by atoms with Crippen molar-refractivity contribution in [1.29, 1.82) is 0 Å². The van der Waals surface area contributed by atoms with E-state index in [1.165, 1.54) is 17.6 Å². The molecule has 1 aliphatic rings. The van der Waals surface area contributed by atoms with Gasteiger partial charge >= 0.3 is 0 Å². The smallest absolute Gasteiger partial charge is 0.0438 e. The van der Waals surface area contributed by atoms with Gasteiger partial charge in [0.2, 0.25) is 0 Å². The van der Waals surface area contributed by atoms with Gasteiger partial charge < -0.3 is 0 Å². The van der Waals surface area contributed by atoms with Crippen molar-refractivity contribution in [3.05, 3.63) is 59.2 Å². The van der Waals surface area contributed by atoms with Crippen LogP contribution in [0.2, 0.25) is 5.02 Å². The Morgan fingerprint density at radius 3 is 2.56 bits per heavy atom. The number of aryl methyl sites for hydroxylation is 1. The Hall–Kier alpha value is -1.01. The van der Waals surface area contributed by atoms with Gasteiger partial charge in [-0.05, 0) is 49.1 Å². The van der Waals surface area contributed by atoms with Gasteiger partial charge in [-0.25, -0.2) is 0 Å². The van der Waals surface area contributed by atoms with Crippen LogP contribution in [0.3, 0.4) is 0 Å². The number of rotatable bonds is 5. The third kappa shape index (κ3) is 2.70. The number of allylic oxidation sites excluding steroid dienone is 3. The summed E-state index contributed by atoms with van der Waals surface area (Å²) in [5, 5.41) is 0.875. The van der Waals surface area contributed by atoms with Crippen LogP contribution in [0.25, 0.3) is 0 Å². The molecule has 0 saturated heterocycles. The average molecular weight is 261 g/mol. The number of benzene rings is 1. The van der Waals surface area contributed by atoms with Crippen LogP contribution in [-0.2, 0) is 6.42 Å². The van der Waals surface area contributed by atoms with Gasteiger partial charge in [0.15, 0.2) is 0 Å². The molecule has 0 aromatic heterocycles. The maximum atomic E-state index is 6.19. The quantitative estimate of drug-likeness (QED) is 0.607. The fourth-order valence-corrected chi connectivity index (χ4v) is 3.01. The van der Waals surface area contributed by atoms with Crippen molar-refractivity contribution < 1.29 is 0 Å². The van der Waals surface area contributed by atoms with E-state index in [4.69, 9.17) is 11.6 Å². The number of halogens is 1. The van der Waals surface area contributed by atoms with E-state index >= 15 is 0 Å². The van der Waals surface area contributed by atoms with Crippen molar-refractivity contribution in [2.24, 2.45) is 5.41 Å². The summed E-state index contributed by atoms with van der Waals surface area (Å²) < 4.78 is 0. The average Bonchev–Trinajstić information content (AvgIpc) is 2.87. The zero-order valence-electron chi connectivity index (χ0n) is 11.1. The summed E-state index contributed by atoms with van der Waals surface area (Å²) in [7, 11) is 0. The molecule has 0 heterocycles. The SMILES string of the molecule is C=C(CCc1ccccc1Cl)C1(CC)CC=CC1. The Morgan fingerprint density at radius 2 is 1.94 bits per heavy atom. The monoisotopic (exact) mass is 260 g/mol. The second-order valence-electron chi connectivity index (χ2n) is 5.21. The lowest BCUT2D eigenvalue weighted by Gasteiger charge is -2.30. The van der Waals surface area contributed by atoms with Crippen molar-refractivity contribution in [2.75, 3.05) is 0 Å². The van der Waals surface area contributed by atoms with E-state index in [9.17, 15) is 0 Å². The summed E-state index contributed by atoms with van der Waals surface area (Å²) >= 11 is 6.19. The molecule has 0 saturated carbocycles. The van der Waals surface area contributed by atoms with Gasteiger partial charge in [0.25, 0.3) is 0 Å². The first-order chi connectivity index (χ1) is 8.68. The summed E-state index contributed by atoms with van der Waals surface area (Å²) in [5.41, 5.74) is 2.94. The van der Waals surface area contributed by atoms with E-state index in [1.54, 1.807) is 0 Å². The first-order valence-electron chi connectivity index (χ1n) is 6.74. The highest BCUT2D eigenvalue weighted by Crippen LogP contribution is 2.44. The molecule has 1 aliphatic carbocycles. The fraction of sp³-hybridized carbons (Fsp3) is 0.412. The lowest BCUT2D eigenvalue weighted by molar-refractivity contribution is 0.357. The molecule has 0 atom stereocenters. The molecular weight excluding hydrogens is 240 g/mol. The van der Waals surface area contributed by atoms with Crippen LogP contribution in [0.15, 0.2) is 48.6 Å². The van der Waals surface area contributed by atoms with Gasteiger partial charge in [0.1, 0.15) is 0 Å². The molecule has 0 aliphatic heterocycles. The Kier molecular flexibility index (Phi) is 4.29. The number of hydrogen-bond donors (Lipinski definition) is 0. The van der Waals surface area contributed by atoms with Crippen LogP contribution in [-0.4, -0.2) is 0 Å². The standard InChI is InChI=1S/C17H21Cl/c1-3-17(12-6-7-13-17)14(2)10-11-15-8-4-5-9-16(15)18/h4-9H,2-3,10-13H2,1H3. The molecule has 96 valence electrons. The Bertz CT molecular complexity index is 448. The third-order valence-electron chi connectivity index (χ3n) is 4.26. The third-order valence-corrected chi connectivity index (χ3v) is 4.63. The molecular formula is C17H21Cl. The Morgan fingerprint density at radius 1 is 1.28 bits per heavy atom. The molecule has 0 amide bonds. The summed E-state index contributed by atoms with van der Waals surface area (Å²) in [6.45, 7) is 6.61. The van der Waals surface area contributed by atoms with E-state index in [2.05, 4.69) is 37.8 Å². The van der Waals surface area contributed by atoms with Crippen molar-refractivity contribution in [3.8, 4) is 0 Å². The summed E-state index contributed by atoms with van der Waals surface area (Å²) in [4.78, 5) is 0. The maximum absolute atomic E-state index is 6.19. The van der Waals surface area contributed by atoms with Crippen LogP contribution < -0.4 is 0 Å². The van der Waals surface area contributed by atoms with Crippen molar-refractivity contribution >= 4 is 11.6 Å². The topological polar surface area (TPSA) is 0 Å². The second kappa shape index (κ2) is 5.75. The Balaban J connectivity index is 1.98. The Labute approximate surface area is 115 Å². The lowest BCUT2D eigenvalue weighted by atomic mass is 9.74. The molecule has 0 unspecified atom stereocenters. The van der Waals surface area contributed by atoms with Crippen LogP contribution in [0.1, 0.15) is 38.2 Å². The zero-order chi connectivity index (χ0) is 13.0. The van der Waals surface area contributed by atoms with Gasteiger partial charge in [-0.15, -0.1) is 0 Å². The molecule has 0 spiro atoms. The van der Waals surface area contributed by atoms with Crippen LogP contribution in [0.5, 0.6) is 0 Å². The van der Waals surface area contributed by atoms with E-state index in [-0.39, 0.29) is 0 Å². The van der Waals surface area contributed by atoms with Gasteiger partial charge in [0.05, 0.1) is 0 Å². The number of hydrogen-bond acceptors (Lipinski definition) is 0. The fourth-order valence-electron chi connectivity index (χ4n) is 2.78. The van der Waals surface area contributed by atoms with E-state index in [1.807, 2.05) is 12.1 Å². The highest BCUT2D eigenvalue weighted by Gasteiger charge is 2.31. The molecule has 0 radical (unpaired) electrons. The lowest BCUT2D eigenvalue weighted by Crippen LogP contribution is -2.18. The summed E-state index contributed by atoms with van der Waals surface area (Å²) in [6.07, 6.45) is 10.1. The molecule has 1 aromatic rings. The predicted molar refractivity (Wildman–Crippen MR) is 80.0 cm³/mol. The van der Waals surface area contributed by atoms with Crippen LogP contribution in [0.4, 0.5) is 0 Å². The minimum Gasteiger partial charge on any atom is -0.0993 e. The van der Waals surface area contributed by atoms with Crippen molar-refractivity contribution in [2.45, 2.75) is 39.0 Å². The zero-order valence-corrected chi connectivity index (χ0v) is 11.8. The normalized spacial score (nSPS) is 17.0. The minimum absolute atomic E-state index is 0.321. The second-order valence-corrected chi connectivity index (χ2v) is 5.62. The van der Waals surface area contributed by atoms with Gasteiger partial charge in [0, 0.05) is 5.02 Å². The highest BCUT2D eigenvalue weighted by molar-refractivity contribution is 6.31. The molecule has 18 heavy (non-hydrogen) atoms. The molecule has 0 nitrogen and oxygen atoms in total. The summed E-state index contributed by atoms with van der Waals surface area (Å²) in [6, 6.07) is 8.11. The highest BCUT2D eigenvalue weighted by atomic mass is 35.5. The first-order valence-corrected chi connectivity index (χ1v) is 7.12. The van der Waals surface area contributed by atoms with E-state index in [0.29, 0.717) is 5.41 Å². The summed E-state index contributed by atoms with van der Waals surface area (Å²) in [5.74, 6) is 0. The predicted octanol–water partition coefficient (Wildman–Crippen LogP) is 5.58. The molecule has 0 bridgehead atoms. The van der Waals surface area contributed by atoms with E-state index in [0.717, 1.165) is 30.7 Å². The van der Waals surface area contributed by atoms with Crippen LogP contribution >= 0.6 is 11.6 Å². The molecule has 2 rings (SSSR count).